The molecule has 6 heteroatoms. The maximum atomic E-state index is 12.1. The van der Waals surface area contributed by atoms with Gasteiger partial charge in [0.15, 0.2) is 0 Å². The van der Waals surface area contributed by atoms with E-state index >= 15 is 0 Å². The number of likely N-dealkylation sites (tertiary alicyclic amines) is 1. The molecule has 116 valence electrons. The van der Waals surface area contributed by atoms with Crippen LogP contribution in [-0.4, -0.2) is 57.2 Å². The molecular formula is C15H24N4O2. The summed E-state index contributed by atoms with van der Waals surface area (Å²) in [6, 6.07) is 0.633. The quantitative estimate of drug-likeness (QED) is 0.736. The first-order valence-electron chi connectivity index (χ1n) is 7.92. The minimum atomic E-state index is -0.194. The van der Waals surface area contributed by atoms with Crippen molar-refractivity contribution in [2.24, 2.45) is 0 Å². The largest absolute Gasteiger partial charge is 0.392 e. The Morgan fingerprint density at radius 2 is 2.38 bits per heavy atom. The van der Waals surface area contributed by atoms with Crippen molar-refractivity contribution >= 4 is 5.91 Å². The molecule has 0 spiro atoms. The lowest BCUT2D eigenvalue weighted by Crippen LogP contribution is -2.48. The summed E-state index contributed by atoms with van der Waals surface area (Å²) >= 11 is 0. The van der Waals surface area contributed by atoms with Crippen LogP contribution in [0.5, 0.6) is 0 Å². The molecule has 1 aromatic heterocycles. The van der Waals surface area contributed by atoms with Crippen LogP contribution in [-0.2, 0) is 11.2 Å². The van der Waals surface area contributed by atoms with Crippen molar-refractivity contribution in [3.05, 3.63) is 18.2 Å². The third-order valence-corrected chi connectivity index (χ3v) is 4.63. The van der Waals surface area contributed by atoms with Crippen LogP contribution >= 0.6 is 0 Å². The van der Waals surface area contributed by atoms with Crippen LogP contribution in [0.2, 0.25) is 0 Å². The smallest absolute Gasteiger partial charge is 0.220 e. The second-order valence-corrected chi connectivity index (χ2v) is 6.15. The number of aliphatic hydroxyl groups is 1. The van der Waals surface area contributed by atoms with Gasteiger partial charge in [-0.3, -0.25) is 9.69 Å². The number of H-pyrrole nitrogens is 1. The normalized spacial score (nSPS) is 29.9. The Morgan fingerprint density at radius 3 is 3.10 bits per heavy atom. The molecule has 2 heterocycles. The Labute approximate surface area is 124 Å². The van der Waals surface area contributed by atoms with Gasteiger partial charge in [-0.15, -0.1) is 0 Å². The molecule has 6 nitrogen and oxygen atoms in total. The fraction of sp³-hybridized carbons (Fsp3) is 0.733. The van der Waals surface area contributed by atoms with E-state index in [1.54, 1.807) is 12.4 Å². The Kier molecular flexibility index (Phi) is 4.55. The van der Waals surface area contributed by atoms with Crippen molar-refractivity contribution in [2.45, 2.75) is 56.7 Å². The van der Waals surface area contributed by atoms with E-state index in [-0.39, 0.29) is 18.1 Å². The number of hydrogen-bond acceptors (Lipinski definition) is 4. The Balaban J connectivity index is 1.48. The molecule has 1 saturated heterocycles. The standard InChI is InChI=1S/C15H24N4O2/c20-11-6-9-19(10-11)13-3-1-2-12(13)18-15(21)5-4-14-16-7-8-17-14/h7-8,11-13,20H,1-6,9-10H2,(H,16,17)(H,18,21)/t11?,12-,13+/m1/s1. The molecule has 1 aliphatic heterocycles. The van der Waals surface area contributed by atoms with E-state index in [9.17, 15) is 9.90 Å². The predicted molar refractivity (Wildman–Crippen MR) is 78.7 cm³/mol. The van der Waals surface area contributed by atoms with Gasteiger partial charge < -0.3 is 15.4 Å². The first-order valence-corrected chi connectivity index (χ1v) is 7.92. The molecule has 0 aromatic carbocycles. The summed E-state index contributed by atoms with van der Waals surface area (Å²) in [5.74, 6) is 0.957. The number of aromatic amines is 1. The number of aryl methyl sites for hydroxylation is 1. The molecule has 1 aliphatic carbocycles. The number of aliphatic hydroxyl groups excluding tert-OH is 1. The average molecular weight is 292 g/mol. The first kappa shape index (κ1) is 14.5. The van der Waals surface area contributed by atoms with Gasteiger partial charge in [0, 0.05) is 50.4 Å². The summed E-state index contributed by atoms with van der Waals surface area (Å²) in [5, 5.41) is 12.9. The number of imidazole rings is 1. The molecule has 1 saturated carbocycles. The van der Waals surface area contributed by atoms with Crippen LogP contribution in [0.3, 0.4) is 0 Å². The lowest BCUT2D eigenvalue weighted by molar-refractivity contribution is -0.122. The van der Waals surface area contributed by atoms with Gasteiger partial charge in [-0.2, -0.15) is 0 Å². The SMILES string of the molecule is O=C(CCc1ncc[nH]1)N[C@@H]1CCC[C@@H]1N1CCC(O)C1. The van der Waals surface area contributed by atoms with E-state index in [0.717, 1.165) is 44.6 Å². The summed E-state index contributed by atoms with van der Waals surface area (Å²) in [4.78, 5) is 21.6. The molecular weight excluding hydrogens is 268 g/mol. The molecule has 1 amide bonds. The summed E-state index contributed by atoms with van der Waals surface area (Å²) in [6.07, 6.45) is 8.59. The second-order valence-electron chi connectivity index (χ2n) is 6.15. The highest BCUT2D eigenvalue weighted by Crippen LogP contribution is 2.27. The fourth-order valence-corrected chi connectivity index (χ4v) is 3.56. The van der Waals surface area contributed by atoms with Crippen LogP contribution in [0.4, 0.5) is 0 Å². The zero-order valence-electron chi connectivity index (χ0n) is 12.3. The lowest BCUT2D eigenvalue weighted by atomic mass is 10.1. The van der Waals surface area contributed by atoms with Gasteiger partial charge in [0.2, 0.25) is 5.91 Å². The molecule has 3 N–H and O–H groups in total. The summed E-state index contributed by atoms with van der Waals surface area (Å²) in [6.45, 7) is 1.70. The molecule has 0 radical (unpaired) electrons. The molecule has 1 unspecified atom stereocenters. The van der Waals surface area contributed by atoms with Crippen LogP contribution in [0.1, 0.15) is 37.9 Å². The topological polar surface area (TPSA) is 81.2 Å². The number of rotatable bonds is 5. The number of hydrogen-bond donors (Lipinski definition) is 3. The maximum absolute atomic E-state index is 12.1. The zero-order valence-corrected chi connectivity index (χ0v) is 12.3. The van der Waals surface area contributed by atoms with Crippen molar-refractivity contribution in [3.8, 4) is 0 Å². The molecule has 2 fully saturated rings. The lowest BCUT2D eigenvalue weighted by Gasteiger charge is -2.29. The highest BCUT2D eigenvalue weighted by atomic mass is 16.3. The number of carbonyl (C=O) groups is 1. The van der Waals surface area contributed by atoms with E-state index in [2.05, 4.69) is 20.2 Å². The maximum Gasteiger partial charge on any atom is 0.220 e. The summed E-state index contributed by atoms with van der Waals surface area (Å²) in [7, 11) is 0. The Morgan fingerprint density at radius 1 is 1.48 bits per heavy atom. The van der Waals surface area contributed by atoms with E-state index in [1.807, 2.05) is 0 Å². The monoisotopic (exact) mass is 292 g/mol. The second kappa shape index (κ2) is 6.58. The third kappa shape index (κ3) is 3.63. The van der Waals surface area contributed by atoms with E-state index in [4.69, 9.17) is 0 Å². The van der Waals surface area contributed by atoms with Crippen LogP contribution < -0.4 is 5.32 Å². The van der Waals surface area contributed by atoms with E-state index in [1.165, 1.54) is 0 Å². The van der Waals surface area contributed by atoms with Crippen molar-refractivity contribution < 1.29 is 9.90 Å². The van der Waals surface area contributed by atoms with Gasteiger partial charge in [0.1, 0.15) is 5.82 Å². The van der Waals surface area contributed by atoms with Gasteiger partial charge in [0.05, 0.1) is 6.10 Å². The van der Waals surface area contributed by atoms with Gasteiger partial charge in [-0.25, -0.2) is 4.98 Å². The van der Waals surface area contributed by atoms with Crippen molar-refractivity contribution in [1.82, 2.24) is 20.2 Å². The van der Waals surface area contributed by atoms with Crippen molar-refractivity contribution in [1.29, 1.82) is 0 Å². The number of β-amino-alcohol motifs (C(OH)–C–C–N with tert-alkyl or cyclic N) is 1. The van der Waals surface area contributed by atoms with Crippen molar-refractivity contribution in [2.75, 3.05) is 13.1 Å². The predicted octanol–water partition coefficient (Wildman–Crippen LogP) is 0.446. The van der Waals surface area contributed by atoms with Crippen LogP contribution in [0.25, 0.3) is 0 Å². The molecule has 21 heavy (non-hydrogen) atoms. The number of carbonyl (C=O) groups excluding carboxylic acids is 1. The molecule has 3 rings (SSSR count). The molecule has 0 bridgehead atoms. The minimum absolute atomic E-state index is 0.100. The average Bonchev–Trinajstić information content (AvgIpc) is 3.17. The number of nitrogens with zero attached hydrogens (tertiary/aromatic N) is 2. The van der Waals surface area contributed by atoms with Crippen LogP contribution in [0, 0.1) is 0 Å². The Bertz CT molecular complexity index is 462. The summed E-state index contributed by atoms with van der Waals surface area (Å²) in [5.41, 5.74) is 0. The van der Waals surface area contributed by atoms with E-state index < -0.39 is 0 Å². The van der Waals surface area contributed by atoms with E-state index in [0.29, 0.717) is 18.9 Å². The molecule has 1 aromatic rings. The highest BCUT2D eigenvalue weighted by Gasteiger charge is 2.36. The minimum Gasteiger partial charge on any atom is -0.392 e. The first-order chi connectivity index (χ1) is 10.2. The third-order valence-electron chi connectivity index (χ3n) is 4.63. The number of aromatic nitrogens is 2. The Hall–Kier alpha value is -1.40. The number of nitrogens with one attached hydrogen (secondary N) is 2. The fourth-order valence-electron chi connectivity index (χ4n) is 3.56. The number of amides is 1. The zero-order chi connectivity index (χ0) is 14.7. The summed E-state index contributed by atoms with van der Waals surface area (Å²) < 4.78 is 0. The molecule has 2 aliphatic rings. The molecule has 3 atom stereocenters. The van der Waals surface area contributed by atoms with Crippen molar-refractivity contribution in [3.63, 3.8) is 0 Å². The van der Waals surface area contributed by atoms with Gasteiger partial charge in [-0.05, 0) is 25.7 Å². The van der Waals surface area contributed by atoms with Gasteiger partial charge in [-0.1, -0.05) is 0 Å². The highest BCUT2D eigenvalue weighted by molar-refractivity contribution is 5.76. The van der Waals surface area contributed by atoms with Gasteiger partial charge >= 0.3 is 0 Å². The van der Waals surface area contributed by atoms with Gasteiger partial charge in [0.25, 0.3) is 0 Å². The van der Waals surface area contributed by atoms with Crippen LogP contribution in [0.15, 0.2) is 12.4 Å².